The number of hydrogen-bond donors (Lipinski definition) is 0. The number of rotatable bonds is 3. The summed E-state index contributed by atoms with van der Waals surface area (Å²) in [5.74, 6) is 0.693. The van der Waals surface area contributed by atoms with Gasteiger partial charge < -0.3 is 4.74 Å². The summed E-state index contributed by atoms with van der Waals surface area (Å²) in [5, 5.41) is 0. The standard InChI is InChI=1S/C24H38O2/c1-20(2)24(25)26-23-19-15-11-7-6-10-14-18-22(23)21-16-12-8-4-3-5-9-13-17-21/h16H,1,3-15,17-19H2,2H3/b21-16-,23-22-. The van der Waals surface area contributed by atoms with E-state index in [1.165, 1.54) is 88.2 Å². The zero-order valence-electron chi connectivity index (χ0n) is 16.9. The molecule has 0 spiro atoms. The molecule has 0 N–H and O–H groups in total. The summed E-state index contributed by atoms with van der Waals surface area (Å²) in [6, 6.07) is 0. The molecular formula is C24H38O2. The molecule has 0 aromatic heterocycles. The summed E-state index contributed by atoms with van der Waals surface area (Å²) in [6.07, 6.45) is 22.2. The van der Waals surface area contributed by atoms with Crippen molar-refractivity contribution in [2.75, 3.05) is 0 Å². The van der Waals surface area contributed by atoms with E-state index >= 15 is 0 Å². The van der Waals surface area contributed by atoms with Crippen molar-refractivity contribution in [3.63, 3.8) is 0 Å². The third kappa shape index (κ3) is 7.51. The second-order valence-electron chi connectivity index (χ2n) is 8.08. The van der Waals surface area contributed by atoms with E-state index in [1.807, 2.05) is 0 Å². The Bertz CT molecular complexity index is 524. The molecule has 2 heteroatoms. The van der Waals surface area contributed by atoms with Crippen LogP contribution in [-0.4, -0.2) is 5.97 Å². The zero-order valence-corrected chi connectivity index (χ0v) is 16.9. The molecule has 26 heavy (non-hydrogen) atoms. The molecule has 0 aromatic carbocycles. The molecule has 0 aromatic rings. The highest BCUT2D eigenvalue weighted by atomic mass is 16.5. The first kappa shape index (κ1) is 21.0. The van der Waals surface area contributed by atoms with Crippen LogP contribution in [0.15, 0.2) is 35.1 Å². The van der Waals surface area contributed by atoms with Gasteiger partial charge in [0.05, 0.1) is 0 Å². The molecule has 0 amide bonds. The fraction of sp³-hybridized carbons (Fsp3) is 0.708. The first-order valence-electron chi connectivity index (χ1n) is 11.0. The summed E-state index contributed by atoms with van der Waals surface area (Å²) < 4.78 is 5.88. The average molecular weight is 359 g/mol. The van der Waals surface area contributed by atoms with Gasteiger partial charge in [-0.3, -0.25) is 0 Å². The van der Waals surface area contributed by atoms with Gasteiger partial charge in [0, 0.05) is 12.0 Å². The first-order chi connectivity index (χ1) is 12.7. The molecular weight excluding hydrogens is 320 g/mol. The highest BCUT2D eigenvalue weighted by molar-refractivity contribution is 5.87. The minimum absolute atomic E-state index is 0.255. The Balaban J connectivity index is 2.28. The van der Waals surface area contributed by atoms with Crippen LogP contribution in [-0.2, 0) is 9.53 Å². The monoisotopic (exact) mass is 358 g/mol. The Hall–Kier alpha value is -1.31. The average Bonchev–Trinajstić information content (AvgIpc) is 2.64. The maximum Gasteiger partial charge on any atom is 0.338 e. The van der Waals surface area contributed by atoms with Crippen LogP contribution in [0, 0.1) is 0 Å². The molecule has 2 rings (SSSR count). The number of ether oxygens (including phenoxy) is 1. The van der Waals surface area contributed by atoms with Gasteiger partial charge in [-0.15, -0.1) is 0 Å². The van der Waals surface area contributed by atoms with Crippen LogP contribution in [0.25, 0.3) is 0 Å². The number of carbonyl (C=O) groups is 1. The Morgan fingerprint density at radius 2 is 1.35 bits per heavy atom. The molecule has 2 aliphatic carbocycles. The van der Waals surface area contributed by atoms with E-state index in [2.05, 4.69) is 12.7 Å². The largest absolute Gasteiger partial charge is 0.427 e. The van der Waals surface area contributed by atoms with Crippen molar-refractivity contribution in [3.8, 4) is 0 Å². The predicted octanol–water partition coefficient (Wildman–Crippen LogP) is 7.56. The fourth-order valence-electron chi connectivity index (χ4n) is 4.06. The van der Waals surface area contributed by atoms with Crippen molar-refractivity contribution in [1.82, 2.24) is 0 Å². The van der Waals surface area contributed by atoms with Crippen molar-refractivity contribution in [3.05, 3.63) is 35.1 Å². The Kier molecular flexibility index (Phi) is 9.81. The van der Waals surface area contributed by atoms with Crippen LogP contribution in [0.5, 0.6) is 0 Å². The van der Waals surface area contributed by atoms with Gasteiger partial charge in [-0.2, -0.15) is 0 Å². The topological polar surface area (TPSA) is 26.3 Å². The van der Waals surface area contributed by atoms with Crippen molar-refractivity contribution >= 4 is 5.97 Å². The zero-order chi connectivity index (χ0) is 18.6. The lowest BCUT2D eigenvalue weighted by atomic mass is 9.89. The Morgan fingerprint density at radius 3 is 2.00 bits per heavy atom. The van der Waals surface area contributed by atoms with Crippen LogP contribution < -0.4 is 0 Å². The van der Waals surface area contributed by atoms with Gasteiger partial charge in [-0.05, 0) is 63.0 Å². The summed E-state index contributed by atoms with van der Waals surface area (Å²) in [5.41, 5.74) is 3.31. The highest BCUT2D eigenvalue weighted by Crippen LogP contribution is 2.32. The SMILES string of the molecule is C=C(C)C(=O)O/C1=C(\C2=C/CCCCCCCC2)CCCCCCCC1. The van der Waals surface area contributed by atoms with Crippen LogP contribution in [0.3, 0.4) is 0 Å². The van der Waals surface area contributed by atoms with E-state index < -0.39 is 0 Å². The number of esters is 1. The van der Waals surface area contributed by atoms with Gasteiger partial charge in [-0.1, -0.05) is 64.0 Å². The lowest BCUT2D eigenvalue weighted by Gasteiger charge is -2.21. The summed E-state index contributed by atoms with van der Waals surface area (Å²) in [6.45, 7) is 5.51. The van der Waals surface area contributed by atoms with E-state index in [0.29, 0.717) is 5.57 Å². The van der Waals surface area contributed by atoms with Crippen molar-refractivity contribution in [2.45, 2.75) is 110 Å². The normalized spacial score (nSPS) is 26.3. The molecule has 146 valence electrons. The number of hydrogen-bond acceptors (Lipinski definition) is 2. The summed E-state index contributed by atoms with van der Waals surface area (Å²) >= 11 is 0. The van der Waals surface area contributed by atoms with Gasteiger partial charge in [0.25, 0.3) is 0 Å². The minimum atomic E-state index is -0.255. The maximum absolute atomic E-state index is 12.2. The number of allylic oxidation sites excluding steroid dienone is 4. The molecule has 2 aliphatic rings. The van der Waals surface area contributed by atoms with Crippen molar-refractivity contribution in [2.24, 2.45) is 0 Å². The van der Waals surface area contributed by atoms with Crippen molar-refractivity contribution in [1.29, 1.82) is 0 Å². The molecule has 0 radical (unpaired) electrons. The van der Waals surface area contributed by atoms with Gasteiger partial charge in [0.1, 0.15) is 5.76 Å². The highest BCUT2D eigenvalue weighted by Gasteiger charge is 2.18. The second-order valence-corrected chi connectivity index (χ2v) is 8.08. The van der Waals surface area contributed by atoms with Crippen LogP contribution in [0.1, 0.15) is 110 Å². The van der Waals surface area contributed by atoms with E-state index in [1.54, 1.807) is 6.92 Å². The van der Waals surface area contributed by atoms with Crippen LogP contribution in [0.4, 0.5) is 0 Å². The molecule has 0 heterocycles. The predicted molar refractivity (Wildman–Crippen MR) is 110 cm³/mol. The van der Waals surface area contributed by atoms with Crippen LogP contribution >= 0.6 is 0 Å². The molecule has 0 atom stereocenters. The van der Waals surface area contributed by atoms with E-state index in [4.69, 9.17) is 4.74 Å². The Labute approximate surface area is 160 Å². The molecule has 0 fully saturated rings. The third-order valence-corrected chi connectivity index (χ3v) is 5.66. The molecule has 0 aliphatic heterocycles. The van der Waals surface area contributed by atoms with Gasteiger partial charge in [-0.25, -0.2) is 4.79 Å². The third-order valence-electron chi connectivity index (χ3n) is 5.66. The van der Waals surface area contributed by atoms with Gasteiger partial charge in [0.15, 0.2) is 0 Å². The van der Waals surface area contributed by atoms with Gasteiger partial charge in [0.2, 0.25) is 0 Å². The van der Waals surface area contributed by atoms with E-state index in [-0.39, 0.29) is 5.97 Å². The molecule has 0 bridgehead atoms. The fourth-order valence-corrected chi connectivity index (χ4v) is 4.06. The molecule has 2 nitrogen and oxygen atoms in total. The van der Waals surface area contributed by atoms with E-state index in [9.17, 15) is 4.79 Å². The molecule has 0 saturated heterocycles. The second kappa shape index (κ2) is 12.1. The quantitative estimate of drug-likeness (QED) is 0.384. The summed E-state index contributed by atoms with van der Waals surface area (Å²) in [4.78, 5) is 12.2. The molecule has 0 unspecified atom stereocenters. The van der Waals surface area contributed by atoms with Crippen LogP contribution in [0.2, 0.25) is 0 Å². The van der Waals surface area contributed by atoms with Crippen molar-refractivity contribution < 1.29 is 9.53 Å². The Morgan fingerprint density at radius 1 is 0.808 bits per heavy atom. The van der Waals surface area contributed by atoms with E-state index in [0.717, 1.165) is 31.4 Å². The minimum Gasteiger partial charge on any atom is -0.427 e. The van der Waals surface area contributed by atoms with Gasteiger partial charge >= 0.3 is 5.97 Å². The number of carbonyl (C=O) groups excluding carboxylic acids is 1. The first-order valence-corrected chi connectivity index (χ1v) is 11.0. The maximum atomic E-state index is 12.2. The smallest absolute Gasteiger partial charge is 0.338 e. The lowest BCUT2D eigenvalue weighted by Crippen LogP contribution is -2.10. The molecule has 0 saturated carbocycles. The lowest BCUT2D eigenvalue weighted by molar-refractivity contribution is -0.135. The summed E-state index contributed by atoms with van der Waals surface area (Å²) in [7, 11) is 0.